The summed E-state index contributed by atoms with van der Waals surface area (Å²) in [6.07, 6.45) is 1.17. The molecule has 0 spiro atoms. The molecule has 2 unspecified atom stereocenters. The summed E-state index contributed by atoms with van der Waals surface area (Å²) in [6.45, 7) is 8.07. The normalized spacial score (nSPS) is 20.2. The van der Waals surface area contributed by atoms with E-state index in [4.69, 9.17) is 10.7 Å². The van der Waals surface area contributed by atoms with E-state index < -0.39 is 0 Å². The first-order valence-electron chi connectivity index (χ1n) is 9.48. The minimum atomic E-state index is 0.0489. The van der Waals surface area contributed by atoms with Gasteiger partial charge in [0.25, 0.3) is 5.91 Å². The van der Waals surface area contributed by atoms with Gasteiger partial charge in [-0.15, -0.1) is 11.3 Å². The van der Waals surface area contributed by atoms with E-state index in [0.717, 1.165) is 40.1 Å². The zero-order valence-corrected chi connectivity index (χ0v) is 16.8. The van der Waals surface area contributed by atoms with Crippen molar-refractivity contribution in [2.24, 2.45) is 11.8 Å². The summed E-state index contributed by atoms with van der Waals surface area (Å²) >= 11 is 1.42. The van der Waals surface area contributed by atoms with Gasteiger partial charge in [-0.25, -0.2) is 4.98 Å². The highest BCUT2D eigenvalue weighted by atomic mass is 32.1. The maximum atomic E-state index is 13.1. The van der Waals surface area contributed by atoms with Crippen LogP contribution in [0, 0.1) is 18.8 Å². The van der Waals surface area contributed by atoms with Crippen LogP contribution in [0.25, 0.3) is 21.5 Å². The predicted octanol–water partition coefficient (Wildman–Crippen LogP) is 4.97. The molecule has 2 N–H and O–H groups in total. The van der Waals surface area contributed by atoms with Crippen molar-refractivity contribution in [3.63, 3.8) is 0 Å². The van der Waals surface area contributed by atoms with Gasteiger partial charge in [0, 0.05) is 24.0 Å². The third kappa shape index (κ3) is 3.32. The average molecular weight is 380 g/mol. The standard InChI is InChI=1S/C22H25N3OS/c1-13-9-14(2)12-25(11-13)22(26)20-18(23)17-10-15(3)19(24-21(17)27-20)16-7-5-4-6-8-16/h4-8,10,13-14H,9,11-12,23H2,1-3H3. The number of pyridine rings is 1. The molecule has 1 saturated heterocycles. The summed E-state index contributed by atoms with van der Waals surface area (Å²) in [5.74, 6) is 1.10. The Labute approximate surface area is 164 Å². The number of piperidine rings is 1. The summed E-state index contributed by atoms with van der Waals surface area (Å²) in [5.41, 5.74) is 10.1. The maximum Gasteiger partial charge on any atom is 0.266 e. The molecule has 0 saturated carbocycles. The van der Waals surface area contributed by atoms with Gasteiger partial charge in [-0.05, 0) is 36.8 Å². The number of aromatic nitrogens is 1. The number of hydrogen-bond acceptors (Lipinski definition) is 4. The number of rotatable bonds is 2. The second kappa shape index (κ2) is 6.97. The van der Waals surface area contributed by atoms with E-state index >= 15 is 0 Å². The number of nitrogens with zero attached hydrogens (tertiary/aromatic N) is 2. The van der Waals surface area contributed by atoms with Gasteiger partial charge in [-0.2, -0.15) is 0 Å². The summed E-state index contributed by atoms with van der Waals surface area (Å²) in [6, 6.07) is 12.2. The number of fused-ring (bicyclic) bond motifs is 1. The zero-order chi connectivity index (χ0) is 19.1. The van der Waals surface area contributed by atoms with E-state index in [-0.39, 0.29) is 5.91 Å². The number of nitrogen functional groups attached to an aromatic ring is 1. The van der Waals surface area contributed by atoms with Gasteiger partial charge in [0.15, 0.2) is 0 Å². The van der Waals surface area contributed by atoms with Crippen LogP contribution in [-0.2, 0) is 0 Å². The molecule has 4 rings (SSSR count). The zero-order valence-electron chi connectivity index (χ0n) is 16.0. The number of thiophene rings is 1. The van der Waals surface area contributed by atoms with E-state index in [1.807, 2.05) is 30.0 Å². The SMILES string of the molecule is Cc1cc2c(N)c(C(=O)N3CC(C)CC(C)C3)sc2nc1-c1ccccc1. The lowest BCUT2D eigenvalue weighted by Gasteiger charge is -2.34. The van der Waals surface area contributed by atoms with E-state index in [0.29, 0.717) is 22.4 Å². The first-order valence-corrected chi connectivity index (χ1v) is 10.3. The molecule has 4 nitrogen and oxygen atoms in total. The summed E-state index contributed by atoms with van der Waals surface area (Å²) in [5, 5.41) is 0.888. The Hall–Kier alpha value is -2.40. The number of carbonyl (C=O) groups excluding carboxylic acids is 1. The molecule has 140 valence electrons. The molecular weight excluding hydrogens is 354 g/mol. The lowest BCUT2D eigenvalue weighted by atomic mass is 9.92. The minimum Gasteiger partial charge on any atom is -0.397 e. The van der Waals surface area contributed by atoms with Crippen molar-refractivity contribution in [1.82, 2.24) is 9.88 Å². The van der Waals surface area contributed by atoms with Crippen molar-refractivity contribution in [3.8, 4) is 11.3 Å². The molecule has 1 aromatic carbocycles. The Morgan fingerprint density at radius 1 is 1.19 bits per heavy atom. The van der Waals surface area contributed by atoms with Gasteiger partial charge in [-0.3, -0.25) is 4.79 Å². The van der Waals surface area contributed by atoms with Gasteiger partial charge >= 0.3 is 0 Å². The molecule has 3 aromatic rings. The van der Waals surface area contributed by atoms with Crippen molar-refractivity contribution >= 4 is 33.1 Å². The van der Waals surface area contributed by atoms with Crippen LogP contribution in [0.3, 0.4) is 0 Å². The highest BCUT2D eigenvalue weighted by molar-refractivity contribution is 7.21. The highest BCUT2D eigenvalue weighted by Gasteiger charge is 2.29. The smallest absolute Gasteiger partial charge is 0.266 e. The van der Waals surface area contributed by atoms with E-state index in [1.165, 1.54) is 17.8 Å². The lowest BCUT2D eigenvalue weighted by molar-refractivity contribution is 0.0629. The molecule has 1 aliphatic heterocycles. The molecule has 1 aliphatic rings. The first kappa shape index (κ1) is 18.0. The molecule has 27 heavy (non-hydrogen) atoms. The Kier molecular flexibility index (Phi) is 4.64. The molecular formula is C22H25N3OS. The summed E-state index contributed by atoms with van der Waals surface area (Å²) in [7, 11) is 0. The van der Waals surface area contributed by atoms with Crippen LogP contribution in [0.2, 0.25) is 0 Å². The van der Waals surface area contributed by atoms with Crippen LogP contribution in [-0.4, -0.2) is 28.9 Å². The van der Waals surface area contributed by atoms with Crippen LogP contribution >= 0.6 is 11.3 Å². The third-order valence-corrected chi connectivity index (χ3v) is 6.41. The maximum absolute atomic E-state index is 13.1. The predicted molar refractivity (Wildman–Crippen MR) is 113 cm³/mol. The number of hydrogen-bond donors (Lipinski definition) is 1. The Balaban J connectivity index is 1.75. The van der Waals surface area contributed by atoms with E-state index in [2.05, 4.69) is 32.0 Å². The van der Waals surface area contributed by atoms with Gasteiger partial charge in [0.2, 0.25) is 0 Å². The Bertz CT molecular complexity index is 986. The Morgan fingerprint density at radius 2 is 1.85 bits per heavy atom. The largest absolute Gasteiger partial charge is 0.397 e. The van der Waals surface area contributed by atoms with Crippen LogP contribution in [0.15, 0.2) is 36.4 Å². The van der Waals surface area contributed by atoms with Crippen LogP contribution < -0.4 is 5.73 Å². The van der Waals surface area contributed by atoms with Crippen molar-refractivity contribution < 1.29 is 4.79 Å². The molecule has 1 amide bonds. The number of benzene rings is 1. The number of anilines is 1. The minimum absolute atomic E-state index is 0.0489. The molecule has 0 radical (unpaired) electrons. The average Bonchev–Trinajstić information content (AvgIpc) is 2.96. The quantitative estimate of drug-likeness (QED) is 0.684. The van der Waals surface area contributed by atoms with Crippen molar-refractivity contribution in [2.45, 2.75) is 27.2 Å². The molecule has 5 heteroatoms. The third-order valence-electron chi connectivity index (χ3n) is 5.31. The topological polar surface area (TPSA) is 59.2 Å². The second-order valence-corrected chi connectivity index (χ2v) is 8.87. The van der Waals surface area contributed by atoms with Gasteiger partial charge < -0.3 is 10.6 Å². The number of likely N-dealkylation sites (tertiary alicyclic amines) is 1. The molecule has 3 heterocycles. The summed E-state index contributed by atoms with van der Waals surface area (Å²) < 4.78 is 0. The van der Waals surface area contributed by atoms with Crippen LogP contribution in [0.5, 0.6) is 0 Å². The van der Waals surface area contributed by atoms with Crippen molar-refractivity contribution in [3.05, 3.63) is 46.8 Å². The first-order chi connectivity index (χ1) is 12.9. The van der Waals surface area contributed by atoms with Gasteiger partial charge in [-0.1, -0.05) is 44.2 Å². The number of carbonyl (C=O) groups is 1. The number of aryl methyl sites for hydroxylation is 1. The second-order valence-electron chi connectivity index (χ2n) is 7.87. The number of nitrogens with two attached hydrogens (primary N) is 1. The van der Waals surface area contributed by atoms with E-state index in [9.17, 15) is 4.79 Å². The van der Waals surface area contributed by atoms with E-state index in [1.54, 1.807) is 0 Å². The van der Waals surface area contributed by atoms with Crippen molar-refractivity contribution in [1.29, 1.82) is 0 Å². The van der Waals surface area contributed by atoms with Crippen LogP contribution in [0.1, 0.15) is 35.5 Å². The Morgan fingerprint density at radius 3 is 2.52 bits per heavy atom. The van der Waals surface area contributed by atoms with Crippen LogP contribution in [0.4, 0.5) is 5.69 Å². The van der Waals surface area contributed by atoms with Gasteiger partial charge in [0.05, 0.1) is 11.4 Å². The fourth-order valence-corrected chi connectivity index (χ4v) is 5.21. The summed E-state index contributed by atoms with van der Waals surface area (Å²) in [4.78, 5) is 21.4. The molecule has 0 aliphatic carbocycles. The molecule has 2 atom stereocenters. The number of amides is 1. The monoisotopic (exact) mass is 379 g/mol. The molecule has 0 bridgehead atoms. The van der Waals surface area contributed by atoms with Gasteiger partial charge in [0.1, 0.15) is 9.71 Å². The molecule has 1 fully saturated rings. The molecule has 2 aromatic heterocycles. The fourth-order valence-electron chi connectivity index (χ4n) is 4.16. The highest BCUT2D eigenvalue weighted by Crippen LogP contribution is 2.37. The fraction of sp³-hybridized carbons (Fsp3) is 0.364. The lowest BCUT2D eigenvalue weighted by Crippen LogP contribution is -2.42. The van der Waals surface area contributed by atoms with Crippen molar-refractivity contribution in [2.75, 3.05) is 18.8 Å².